The van der Waals surface area contributed by atoms with Crippen molar-refractivity contribution >= 4 is 11.7 Å². The lowest BCUT2D eigenvalue weighted by atomic mass is 10.3. The highest BCUT2D eigenvalue weighted by Gasteiger charge is 2.15. The Hall–Kier alpha value is -2.31. The molecule has 7 heteroatoms. The van der Waals surface area contributed by atoms with Crippen LogP contribution in [0.5, 0.6) is 11.5 Å². The second-order valence-electron chi connectivity index (χ2n) is 3.28. The van der Waals surface area contributed by atoms with E-state index in [9.17, 15) is 14.9 Å². The Balaban J connectivity index is 2.62. The third kappa shape index (κ3) is 3.93. The van der Waals surface area contributed by atoms with E-state index in [-0.39, 0.29) is 30.6 Å². The molecule has 0 saturated heterocycles. The molecule has 1 rings (SSSR count). The van der Waals surface area contributed by atoms with E-state index >= 15 is 0 Å². The Bertz CT molecular complexity index is 445. The SMILES string of the molecule is COc1cc(OCCOC(C)=O)ccc1[N+](=O)[O-]. The van der Waals surface area contributed by atoms with Crippen molar-refractivity contribution in [1.82, 2.24) is 0 Å². The molecule has 98 valence electrons. The van der Waals surface area contributed by atoms with E-state index < -0.39 is 4.92 Å². The van der Waals surface area contributed by atoms with Crippen LogP contribution in [0.25, 0.3) is 0 Å². The number of nitro benzene ring substituents is 1. The molecule has 7 nitrogen and oxygen atoms in total. The molecule has 0 spiro atoms. The largest absolute Gasteiger partial charge is 0.490 e. The van der Waals surface area contributed by atoms with Gasteiger partial charge < -0.3 is 14.2 Å². The van der Waals surface area contributed by atoms with E-state index in [2.05, 4.69) is 4.74 Å². The number of benzene rings is 1. The van der Waals surface area contributed by atoms with Crippen LogP contribution in [0.15, 0.2) is 18.2 Å². The van der Waals surface area contributed by atoms with Crippen LogP contribution in [0.1, 0.15) is 6.92 Å². The smallest absolute Gasteiger partial charge is 0.311 e. The Labute approximate surface area is 103 Å². The van der Waals surface area contributed by atoms with Crippen LogP contribution in [-0.2, 0) is 9.53 Å². The molecule has 0 atom stereocenters. The summed E-state index contributed by atoms with van der Waals surface area (Å²) in [5.74, 6) is 0.134. The summed E-state index contributed by atoms with van der Waals surface area (Å²) in [4.78, 5) is 20.6. The van der Waals surface area contributed by atoms with Crippen molar-refractivity contribution in [1.29, 1.82) is 0 Å². The van der Waals surface area contributed by atoms with Crippen LogP contribution in [0.3, 0.4) is 0 Å². The van der Waals surface area contributed by atoms with Crippen LogP contribution < -0.4 is 9.47 Å². The molecule has 1 aromatic carbocycles. The highest BCUT2D eigenvalue weighted by Crippen LogP contribution is 2.30. The summed E-state index contributed by atoms with van der Waals surface area (Å²) in [7, 11) is 1.34. The summed E-state index contributed by atoms with van der Waals surface area (Å²) in [6.45, 7) is 1.59. The molecule has 18 heavy (non-hydrogen) atoms. The van der Waals surface area contributed by atoms with Crippen LogP contribution in [0.4, 0.5) is 5.69 Å². The van der Waals surface area contributed by atoms with E-state index in [1.54, 1.807) is 0 Å². The Morgan fingerprint density at radius 2 is 2.11 bits per heavy atom. The van der Waals surface area contributed by atoms with Gasteiger partial charge in [-0.25, -0.2) is 0 Å². The molecule has 0 heterocycles. The van der Waals surface area contributed by atoms with E-state index in [1.165, 1.54) is 32.2 Å². The van der Waals surface area contributed by atoms with Gasteiger partial charge in [-0.3, -0.25) is 14.9 Å². The van der Waals surface area contributed by atoms with E-state index in [0.29, 0.717) is 5.75 Å². The first-order valence-corrected chi connectivity index (χ1v) is 5.13. The van der Waals surface area contributed by atoms with Gasteiger partial charge in [-0.05, 0) is 6.07 Å². The standard InChI is InChI=1S/C11H13NO6/c1-8(13)17-5-6-18-9-3-4-10(12(14)15)11(7-9)16-2/h3-4,7H,5-6H2,1-2H3. The monoisotopic (exact) mass is 255 g/mol. The second-order valence-corrected chi connectivity index (χ2v) is 3.28. The number of nitro groups is 1. The van der Waals surface area contributed by atoms with Gasteiger partial charge in [0.1, 0.15) is 19.0 Å². The maximum absolute atomic E-state index is 10.7. The number of hydrogen-bond acceptors (Lipinski definition) is 6. The fourth-order valence-electron chi connectivity index (χ4n) is 1.24. The Morgan fingerprint density at radius 1 is 1.39 bits per heavy atom. The molecule has 0 saturated carbocycles. The van der Waals surface area contributed by atoms with Gasteiger partial charge in [-0.1, -0.05) is 0 Å². The van der Waals surface area contributed by atoms with Crippen LogP contribution in [0.2, 0.25) is 0 Å². The molecule has 0 radical (unpaired) electrons. The van der Waals surface area contributed by atoms with Gasteiger partial charge >= 0.3 is 11.7 Å². The Morgan fingerprint density at radius 3 is 2.67 bits per heavy atom. The number of carbonyl (C=O) groups excluding carboxylic acids is 1. The highest BCUT2D eigenvalue weighted by molar-refractivity contribution is 5.65. The number of rotatable bonds is 6. The molecule has 0 bridgehead atoms. The maximum atomic E-state index is 10.7. The fourth-order valence-corrected chi connectivity index (χ4v) is 1.24. The maximum Gasteiger partial charge on any atom is 0.311 e. The molecule has 0 unspecified atom stereocenters. The van der Waals surface area contributed by atoms with Crippen molar-refractivity contribution in [3.63, 3.8) is 0 Å². The number of hydrogen-bond donors (Lipinski definition) is 0. The van der Waals surface area contributed by atoms with Gasteiger partial charge in [-0.2, -0.15) is 0 Å². The summed E-state index contributed by atoms with van der Waals surface area (Å²) in [6.07, 6.45) is 0. The molecular formula is C11H13NO6. The average molecular weight is 255 g/mol. The zero-order chi connectivity index (χ0) is 13.5. The van der Waals surface area contributed by atoms with Crippen molar-refractivity contribution in [3.8, 4) is 11.5 Å². The number of esters is 1. The lowest BCUT2D eigenvalue weighted by Gasteiger charge is -2.08. The first kappa shape index (κ1) is 13.8. The van der Waals surface area contributed by atoms with Crippen LogP contribution >= 0.6 is 0 Å². The number of carbonyl (C=O) groups is 1. The molecule has 0 aliphatic carbocycles. The minimum atomic E-state index is -0.540. The van der Waals surface area contributed by atoms with Gasteiger partial charge in [0, 0.05) is 19.1 Å². The topological polar surface area (TPSA) is 87.9 Å². The quantitative estimate of drug-likeness (QED) is 0.331. The zero-order valence-electron chi connectivity index (χ0n) is 10.0. The average Bonchev–Trinajstić information content (AvgIpc) is 2.33. The molecule has 0 aliphatic rings. The van der Waals surface area contributed by atoms with Crippen molar-refractivity contribution in [2.24, 2.45) is 0 Å². The van der Waals surface area contributed by atoms with Gasteiger partial charge in [0.15, 0.2) is 0 Å². The van der Waals surface area contributed by atoms with Gasteiger partial charge in [-0.15, -0.1) is 0 Å². The fraction of sp³-hybridized carbons (Fsp3) is 0.364. The normalized spacial score (nSPS) is 9.67. The molecule has 0 amide bonds. The Kier molecular flexibility index (Phi) is 4.91. The molecule has 0 aromatic heterocycles. The molecule has 0 aliphatic heterocycles. The minimum Gasteiger partial charge on any atom is -0.490 e. The molecule has 1 aromatic rings. The number of ether oxygens (including phenoxy) is 3. The van der Waals surface area contributed by atoms with Gasteiger partial charge in [0.05, 0.1) is 12.0 Å². The summed E-state index contributed by atoms with van der Waals surface area (Å²) in [6, 6.07) is 4.15. The first-order valence-electron chi connectivity index (χ1n) is 5.13. The molecule has 0 fully saturated rings. The summed E-state index contributed by atoms with van der Waals surface area (Å²) < 4.78 is 14.8. The van der Waals surface area contributed by atoms with Crippen LogP contribution in [-0.4, -0.2) is 31.2 Å². The number of methoxy groups -OCH3 is 1. The zero-order valence-corrected chi connectivity index (χ0v) is 10.0. The van der Waals surface area contributed by atoms with Crippen molar-refractivity contribution in [2.45, 2.75) is 6.92 Å². The molecular weight excluding hydrogens is 242 g/mol. The van der Waals surface area contributed by atoms with Crippen molar-refractivity contribution < 1.29 is 23.9 Å². The van der Waals surface area contributed by atoms with E-state index in [4.69, 9.17) is 9.47 Å². The predicted octanol–water partition coefficient (Wildman–Crippen LogP) is 1.55. The van der Waals surface area contributed by atoms with Crippen molar-refractivity contribution in [3.05, 3.63) is 28.3 Å². The third-order valence-corrected chi connectivity index (χ3v) is 2.01. The predicted molar refractivity (Wildman–Crippen MR) is 61.8 cm³/mol. The molecule has 0 N–H and O–H groups in total. The lowest BCUT2D eigenvalue weighted by molar-refractivity contribution is -0.385. The first-order chi connectivity index (χ1) is 8.54. The lowest BCUT2D eigenvalue weighted by Crippen LogP contribution is -2.09. The van der Waals surface area contributed by atoms with Crippen LogP contribution in [0, 0.1) is 10.1 Å². The van der Waals surface area contributed by atoms with E-state index in [1.807, 2.05) is 0 Å². The third-order valence-electron chi connectivity index (χ3n) is 2.01. The van der Waals surface area contributed by atoms with Gasteiger partial charge in [0.25, 0.3) is 0 Å². The summed E-state index contributed by atoms with van der Waals surface area (Å²) in [5.41, 5.74) is -0.134. The summed E-state index contributed by atoms with van der Waals surface area (Å²) >= 11 is 0. The van der Waals surface area contributed by atoms with Crippen molar-refractivity contribution in [2.75, 3.05) is 20.3 Å². The second kappa shape index (κ2) is 6.43. The minimum absolute atomic E-state index is 0.116. The van der Waals surface area contributed by atoms with E-state index in [0.717, 1.165) is 0 Å². The van der Waals surface area contributed by atoms with Gasteiger partial charge in [0.2, 0.25) is 5.75 Å². The highest BCUT2D eigenvalue weighted by atomic mass is 16.6. The summed E-state index contributed by atoms with van der Waals surface area (Å²) in [5, 5.41) is 10.7. The number of nitrogens with zero attached hydrogens (tertiary/aromatic N) is 1.